The van der Waals surface area contributed by atoms with Crippen LogP contribution in [0.5, 0.6) is 0 Å². The molecule has 1 N–H and O–H groups in total. The predicted octanol–water partition coefficient (Wildman–Crippen LogP) is 1.83. The Morgan fingerprint density at radius 2 is 2.38 bits per heavy atom. The fraction of sp³-hybridized carbons (Fsp3) is 0.727. The molecule has 2 aliphatic carbocycles. The van der Waals surface area contributed by atoms with Crippen molar-refractivity contribution in [1.29, 1.82) is 0 Å². The molecule has 1 saturated carbocycles. The van der Waals surface area contributed by atoms with E-state index in [0.29, 0.717) is 18.6 Å². The summed E-state index contributed by atoms with van der Waals surface area (Å²) < 4.78 is 0. The molecule has 2 rings (SSSR count). The first-order valence-corrected chi connectivity index (χ1v) is 5.02. The topological polar surface area (TPSA) is 37.3 Å². The van der Waals surface area contributed by atoms with Crippen LogP contribution in [0.3, 0.4) is 0 Å². The van der Waals surface area contributed by atoms with E-state index >= 15 is 0 Å². The van der Waals surface area contributed by atoms with E-state index in [4.69, 9.17) is 0 Å². The summed E-state index contributed by atoms with van der Waals surface area (Å²) in [5.74, 6) is 0.331. The number of hydrogen-bond donors (Lipinski definition) is 1. The summed E-state index contributed by atoms with van der Waals surface area (Å²) in [4.78, 5) is 11.2. The zero-order valence-corrected chi connectivity index (χ0v) is 8.05. The normalized spacial score (nSPS) is 39.7. The van der Waals surface area contributed by atoms with Crippen LogP contribution in [0.2, 0.25) is 0 Å². The van der Waals surface area contributed by atoms with E-state index in [0.717, 1.165) is 19.3 Å². The minimum Gasteiger partial charge on any atom is -0.392 e. The van der Waals surface area contributed by atoms with Gasteiger partial charge in [-0.15, -0.1) is 0 Å². The van der Waals surface area contributed by atoms with Gasteiger partial charge in [-0.25, -0.2) is 0 Å². The molecule has 0 amide bonds. The zero-order valence-electron chi connectivity index (χ0n) is 8.05. The lowest BCUT2D eigenvalue weighted by Crippen LogP contribution is -2.40. The molecule has 0 heterocycles. The Hall–Kier alpha value is -0.630. The van der Waals surface area contributed by atoms with Crippen LogP contribution in [-0.4, -0.2) is 17.0 Å². The van der Waals surface area contributed by atoms with Crippen molar-refractivity contribution in [3.05, 3.63) is 11.6 Å². The molecule has 1 fully saturated rings. The van der Waals surface area contributed by atoms with E-state index in [2.05, 4.69) is 13.0 Å². The number of hydrogen-bond acceptors (Lipinski definition) is 2. The lowest BCUT2D eigenvalue weighted by molar-refractivity contribution is -0.121. The van der Waals surface area contributed by atoms with E-state index in [1.807, 2.05) is 0 Å². The summed E-state index contributed by atoms with van der Waals surface area (Å²) in [5.41, 5.74) is 1.09. The highest BCUT2D eigenvalue weighted by Crippen LogP contribution is 2.46. The molecule has 0 aromatic heterocycles. The van der Waals surface area contributed by atoms with Crippen LogP contribution in [0.4, 0.5) is 0 Å². The van der Waals surface area contributed by atoms with E-state index in [1.54, 1.807) is 0 Å². The largest absolute Gasteiger partial charge is 0.392 e. The fourth-order valence-electron chi connectivity index (χ4n) is 2.48. The van der Waals surface area contributed by atoms with Crippen LogP contribution >= 0.6 is 0 Å². The van der Waals surface area contributed by atoms with Gasteiger partial charge < -0.3 is 5.11 Å². The van der Waals surface area contributed by atoms with Gasteiger partial charge >= 0.3 is 0 Å². The van der Waals surface area contributed by atoms with Gasteiger partial charge in [0, 0.05) is 18.3 Å². The first-order valence-electron chi connectivity index (χ1n) is 5.02. The summed E-state index contributed by atoms with van der Waals surface area (Å²) in [6, 6.07) is 0. The molecule has 2 unspecified atom stereocenters. The van der Waals surface area contributed by atoms with E-state index in [-0.39, 0.29) is 11.5 Å². The average Bonchev–Trinajstić information content (AvgIpc) is 2.09. The second-order valence-corrected chi connectivity index (χ2v) is 4.46. The van der Waals surface area contributed by atoms with Crippen molar-refractivity contribution in [1.82, 2.24) is 0 Å². The minimum absolute atomic E-state index is 0.0911. The Labute approximate surface area is 78.6 Å². The summed E-state index contributed by atoms with van der Waals surface area (Å²) in [5, 5.41) is 9.90. The van der Waals surface area contributed by atoms with Crippen molar-refractivity contribution in [3.8, 4) is 0 Å². The molecule has 0 aromatic carbocycles. The monoisotopic (exact) mass is 180 g/mol. The molecule has 2 nitrogen and oxygen atoms in total. The third-order valence-corrected chi connectivity index (χ3v) is 3.61. The van der Waals surface area contributed by atoms with Gasteiger partial charge in [0.15, 0.2) is 0 Å². The molecule has 0 bridgehead atoms. The molecule has 72 valence electrons. The van der Waals surface area contributed by atoms with E-state index in [9.17, 15) is 9.90 Å². The first kappa shape index (κ1) is 8.95. The number of aliphatic hydroxyl groups excluding tert-OH is 1. The predicted molar refractivity (Wildman–Crippen MR) is 50.3 cm³/mol. The van der Waals surface area contributed by atoms with Crippen molar-refractivity contribution < 1.29 is 9.90 Å². The van der Waals surface area contributed by atoms with Gasteiger partial charge in [-0.3, -0.25) is 4.79 Å². The van der Waals surface area contributed by atoms with Gasteiger partial charge in [-0.05, 0) is 19.3 Å². The summed E-state index contributed by atoms with van der Waals surface area (Å²) >= 11 is 0. The molecular formula is C11H16O2. The lowest BCUT2D eigenvalue weighted by atomic mass is 9.64. The third kappa shape index (κ3) is 1.33. The van der Waals surface area contributed by atoms with Gasteiger partial charge in [0.25, 0.3) is 0 Å². The first-order chi connectivity index (χ1) is 6.13. The van der Waals surface area contributed by atoms with Gasteiger partial charge in [0.1, 0.15) is 5.78 Å². The van der Waals surface area contributed by atoms with Crippen molar-refractivity contribution >= 4 is 5.78 Å². The number of fused-ring (bicyclic) bond motifs is 1. The highest BCUT2D eigenvalue weighted by atomic mass is 16.3. The second kappa shape index (κ2) is 2.95. The molecule has 2 heteroatoms. The summed E-state index contributed by atoms with van der Waals surface area (Å²) in [6.07, 6.45) is 5.76. The molecule has 0 spiro atoms. The number of carbonyl (C=O) groups is 1. The maximum Gasteiger partial charge on any atom is 0.136 e. The van der Waals surface area contributed by atoms with Gasteiger partial charge in [-0.1, -0.05) is 18.6 Å². The minimum atomic E-state index is -0.236. The molecular weight excluding hydrogens is 164 g/mol. The van der Waals surface area contributed by atoms with Gasteiger partial charge in [-0.2, -0.15) is 0 Å². The van der Waals surface area contributed by atoms with Crippen molar-refractivity contribution in [2.75, 3.05) is 0 Å². The highest BCUT2D eigenvalue weighted by Gasteiger charge is 2.41. The Kier molecular flexibility index (Phi) is 2.03. The van der Waals surface area contributed by atoms with Crippen LogP contribution < -0.4 is 0 Å². The Morgan fingerprint density at radius 1 is 1.62 bits per heavy atom. The smallest absolute Gasteiger partial charge is 0.136 e. The molecule has 13 heavy (non-hydrogen) atoms. The number of allylic oxidation sites excluding steroid dienone is 1. The molecule has 0 saturated heterocycles. The van der Waals surface area contributed by atoms with E-state index < -0.39 is 0 Å². The van der Waals surface area contributed by atoms with Crippen LogP contribution in [0.15, 0.2) is 11.6 Å². The molecule has 0 aromatic rings. The number of ketones is 1. The van der Waals surface area contributed by atoms with Gasteiger partial charge in [0.05, 0.1) is 6.10 Å². The van der Waals surface area contributed by atoms with Crippen LogP contribution in [0.25, 0.3) is 0 Å². The van der Waals surface area contributed by atoms with E-state index in [1.165, 1.54) is 5.57 Å². The van der Waals surface area contributed by atoms with Crippen molar-refractivity contribution in [2.24, 2.45) is 5.41 Å². The molecule has 2 atom stereocenters. The highest BCUT2D eigenvalue weighted by molar-refractivity contribution is 5.82. The molecule has 0 aliphatic heterocycles. The fourth-order valence-corrected chi connectivity index (χ4v) is 2.48. The lowest BCUT2D eigenvalue weighted by Gasteiger charge is -2.42. The number of aliphatic hydroxyl groups is 1. The van der Waals surface area contributed by atoms with Crippen molar-refractivity contribution in [2.45, 2.75) is 45.1 Å². The maximum absolute atomic E-state index is 11.2. The SMILES string of the molecule is CC12CCC(=O)CC1=CCCC2O. The Balaban J connectivity index is 2.30. The summed E-state index contributed by atoms with van der Waals surface area (Å²) in [7, 11) is 0. The Morgan fingerprint density at radius 3 is 3.15 bits per heavy atom. The Bertz CT molecular complexity index is 267. The number of Topliss-reactive ketones (excluding diaryl/α,β-unsaturated/α-hetero) is 1. The average molecular weight is 180 g/mol. The summed E-state index contributed by atoms with van der Waals surface area (Å²) in [6.45, 7) is 2.09. The van der Waals surface area contributed by atoms with Crippen LogP contribution in [0.1, 0.15) is 39.0 Å². The third-order valence-electron chi connectivity index (χ3n) is 3.61. The van der Waals surface area contributed by atoms with Gasteiger partial charge in [0.2, 0.25) is 0 Å². The van der Waals surface area contributed by atoms with Crippen LogP contribution in [0, 0.1) is 5.41 Å². The number of rotatable bonds is 0. The maximum atomic E-state index is 11.2. The molecule has 0 radical (unpaired) electrons. The zero-order chi connectivity index (χ0) is 9.47. The molecule has 2 aliphatic rings. The second-order valence-electron chi connectivity index (χ2n) is 4.46. The number of carbonyl (C=O) groups excluding carboxylic acids is 1. The van der Waals surface area contributed by atoms with Crippen molar-refractivity contribution in [3.63, 3.8) is 0 Å². The standard InChI is InChI=1S/C11H16O2/c1-11-6-5-9(12)7-8(11)3-2-4-10(11)13/h3,10,13H,2,4-7H2,1H3. The van der Waals surface area contributed by atoms with Crippen LogP contribution in [-0.2, 0) is 4.79 Å². The quantitative estimate of drug-likeness (QED) is 0.577.